The van der Waals surface area contributed by atoms with E-state index in [9.17, 15) is 9.18 Å². The van der Waals surface area contributed by atoms with Crippen LogP contribution >= 0.6 is 0 Å². The second kappa shape index (κ2) is 2.30. The highest BCUT2D eigenvalue weighted by atomic mass is 19.1. The van der Waals surface area contributed by atoms with Crippen molar-refractivity contribution in [3.8, 4) is 0 Å². The lowest BCUT2D eigenvalue weighted by atomic mass is 10.0. The van der Waals surface area contributed by atoms with Gasteiger partial charge in [0, 0.05) is 0 Å². The van der Waals surface area contributed by atoms with Gasteiger partial charge in [-0.15, -0.1) is 0 Å². The summed E-state index contributed by atoms with van der Waals surface area (Å²) in [6.45, 7) is 1.76. The SMILES string of the molecule is C[C@@H]1C(=O)Nc2c(F)cccc21. The van der Waals surface area contributed by atoms with Crippen molar-refractivity contribution < 1.29 is 9.18 Å². The number of fused-ring (bicyclic) bond motifs is 1. The van der Waals surface area contributed by atoms with Gasteiger partial charge in [0.05, 0.1) is 11.6 Å². The molecule has 0 saturated carbocycles. The van der Waals surface area contributed by atoms with Gasteiger partial charge in [-0.3, -0.25) is 4.79 Å². The van der Waals surface area contributed by atoms with Crippen LogP contribution in [0.2, 0.25) is 0 Å². The van der Waals surface area contributed by atoms with Gasteiger partial charge in [-0.1, -0.05) is 12.1 Å². The Morgan fingerprint density at radius 1 is 1.50 bits per heavy atom. The summed E-state index contributed by atoms with van der Waals surface area (Å²) in [5, 5.41) is 2.50. The highest BCUT2D eigenvalue weighted by Gasteiger charge is 2.28. The molecule has 2 nitrogen and oxygen atoms in total. The summed E-state index contributed by atoms with van der Waals surface area (Å²) in [5.41, 5.74) is 1.09. The lowest BCUT2D eigenvalue weighted by molar-refractivity contribution is -0.116. The minimum absolute atomic E-state index is 0.130. The van der Waals surface area contributed by atoms with Crippen molar-refractivity contribution in [2.24, 2.45) is 0 Å². The van der Waals surface area contributed by atoms with E-state index in [0.717, 1.165) is 5.56 Å². The van der Waals surface area contributed by atoms with E-state index >= 15 is 0 Å². The van der Waals surface area contributed by atoms with Crippen LogP contribution in [0.4, 0.5) is 10.1 Å². The molecule has 0 radical (unpaired) electrons. The zero-order chi connectivity index (χ0) is 8.72. The van der Waals surface area contributed by atoms with E-state index in [2.05, 4.69) is 5.32 Å². The lowest BCUT2D eigenvalue weighted by Gasteiger charge is -1.99. The second-order valence-corrected chi connectivity index (χ2v) is 2.92. The Labute approximate surface area is 69.4 Å². The highest BCUT2D eigenvalue weighted by molar-refractivity contribution is 6.02. The molecule has 0 bridgehead atoms. The van der Waals surface area contributed by atoms with Crippen LogP contribution in [0.15, 0.2) is 18.2 Å². The number of amides is 1. The van der Waals surface area contributed by atoms with E-state index in [1.807, 2.05) is 0 Å². The molecule has 2 rings (SSSR count). The Bertz CT molecular complexity index is 348. The van der Waals surface area contributed by atoms with Crippen molar-refractivity contribution >= 4 is 11.6 Å². The number of hydrogen-bond donors (Lipinski definition) is 1. The minimum Gasteiger partial charge on any atom is -0.323 e. The number of carbonyl (C=O) groups excluding carboxylic acids is 1. The summed E-state index contributed by atoms with van der Waals surface area (Å²) in [4.78, 5) is 11.1. The summed E-state index contributed by atoms with van der Waals surface area (Å²) < 4.78 is 13.0. The molecular formula is C9H8FNO. The molecule has 62 valence electrons. The quantitative estimate of drug-likeness (QED) is 0.624. The first-order chi connectivity index (χ1) is 5.70. The zero-order valence-corrected chi connectivity index (χ0v) is 6.60. The normalized spacial score (nSPS) is 20.5. The largest absolute Gasteiger partial charge is 0.323 e. The maximum atomic E-state index is 13.0. The predicted octanol–water partition coefficient (Wildman–Crippen LogP) is 1.88. The first-order valence-electron chi connectivity index (χ1n) is 3.79. The average Bonchev–Trinajstić information content (AvgIpc) is 2.32. The van der Waals surface area contributed by atoms with Gasteiger partial charge in [0.2, 0.25) is 5.91 Å². The van der Waals surface area contributed by atoms with E-state index < -0.39 is 0 Å². The van der Waals surface area contributed by atoms with Crippen LogP contribution in [-0.4, -0.2) is 5.91 Å². The predicted molar refractivity (Wildman–Crippen MR) is 43.4 cm³/mol. The molecule has 0 spiro atoms. The molecule has 0 aromatic heterocycles. The topological polar surface area (TPSA) is 29.1 Å². The summed E-state index contributed by atoms with van der Waals surface area (Å²) in [6, 6.07) is 4.73. The highest BCUT2D eigenvalue weighted by Crippen LogP contribution is 2.33. The summed E-state index contributed by atoms with van der Waals surface area (Å²) in [6.07, 6.45) is 0. The van der Waals surface area contributed by atoms with Crippen molar-refractivity contribution in [1.82, 2.24) is 0 Å². The number of benzene rings is 1. The third-order valence-corrected chi connectivity index (χ3v) is 2.15. The Balaban J connectivity index is 2.60. The Morgan fingerprint density at radius 3 is 2.92 bits per heavy atom. The standard InChI is InChI=1S/C9H8FNO/c1-5-6-3-2-4-7(10)8(6)11-9(5)12/h2-5H,1H3,(H,11,12)/t5-/m0/s1. The molecular weight excluding hydrogens is 157 g/mol. The molecule has 1 aromatic rings. The lowest BCUT2D eigenvalue weighted by Crippen LogP contribution is -2.08. The number of carbonyl (C=O) groups is 1. The van der Waals surface area contributed by atoms with Crippen LogP contribution in [-0.2, 0) is 4.79 Å². The number of rotatable bonds is 0. The minimum atomic E-state index is -0.356. The van der Waals surface area contributed by atoms with Gasteiger partial charge in [-0.25, -0.2) is 4.39 Å². The van der Waals surface area contributed by atoms with Gasteiger partial charge < -0.3 is 5.32 Å². The third-order valence-electron chi connectivity index (χ3n) is 2.15. The molecule has 3 heteroatoms. The second-order valence-electron chi connectivity index (χ2n) is 2.92. The first kappa shape index (κ1) is 7.28. The molecule has 0 aliphatic carbocycles. The van der Waals surface area contributed by atoms with Crippen LogP contribution in [0, 0.1) is 5.82 Å². The summed E-state index contributed by atoms with van der Waals surface area (Å²) in [5.74, 6) is -0.712. The van der Waals surface area contributed by atoms with Crippen molar-refractivity contribution in [2.45, 2.75) is 12.8 Å². The Kier molecular flexibility index (Phi) is 1.40. The molecule has 0 unspecified atom stereocenters. The average molecular weight is 165 g/mol. The summed E-state index contributed by atoms with van der Waals surface area (Å²) >= 11 is 0. The maximum Gasteiger partial charge on any atom is 0.231 e. The number of nitrogens with one attached hydrogen (secondary N) is 1. The zero-order valence-electron chi connectivity index (χ0n) is 6.60. The molecule has 12 heavy (non-hydrogen) atoms. The molecule has 1 amide bonds. The molecule has 0 fully saturated rings. The van der Waals surface area contributed by atoms with Crippen molar-refractivity contribution in [3.05, 3.63) is 29.6 Å². The van der Waals surface area contributed by atoms with Crippen LogP contribution in [0.25, 0.3) is 0 Å². The first-order valence-corrected chi connectivity index (χ1v) is 3.79. The molecule has 1 N–H and O–H groups in total. The van der Waals surface area contributed by atoms with Crippen LogP contribution in [0.1, 0.15) is 18.4 Å². The van der Waals surface area contributed by atoms with E-state index in [1.165, 1.54) is 6.07 Å². The van der Waals surface area contributed by atoms with Gasteiger partial charge in [0.1, 0.15) is 5.82 Å². The summed E-state index contributed by atoms with van der Waals surface area (Å²) in [7, 11) is 0. The monoisotopic (exact) mass is 165 g/mol. The van der Waals surface area contributed by atoms with Crippen molar-refractivity contribution in [2.75, 3.05) is 5.32 Å². The third kappa shape index (κ3) is 0.826. The number of hydrogen-bond acceptors (Lipinski definition) is 1. The van der Waals surface area contributed by atoms with Gasteiger partial charge >= 0.3 is 0 Å². The van der Waals surface area contributed by atoms with E-state index in [4.69, 9.17) is 0 Å². The van der Waals surface area contributed by atoms with Gasteiger partial charge in [-0.2, -0.15) is 0 Å². The van der Waals surface area contributed by atoms with Gasteiger partial charge in [0.25, 0.3) is 0 Å². The number of anilines is 1. The van der Waals surface area contributed by atoms with Gasteiger partial charge in [0.15, 0.2) is 0 Å². The van der Waals surface area contributed by atoms with Crippen molar-refractivity contribution in [1.29, 1.82) is 0 Å². The molecule has 1 heterocycles. The van der Waals surface area contributed by atoms with Crippen molar-refractivity contribution in [3.63, 3.8) is 0 Å². The van der Waals surface area contributed by atoms with E-state index in [1.54, 1.807) is 19.1 Å². The van der Waals surface area contributed by atoms with E-state index in [-0.39, 0.29) is 17.6 Å². The fraction of sp³-hybridized carbons (Fsp3) is 0.222. The van der Waals surface area contributed by atoms with Crippen LogP contribution in [0.3, 0.4) is 0 Å². The molecule has 1 atom stereocenters. The van der Waals surface area contributed by atoms with Crippen LogP contribution < -0.4 is 5.32 Å². The molecule has 1 aliphatic rings. The number of halogens is 1. The van der Waals surface area contributed by atoms with E-state index in [0.29, 0.717) is 5.69 Å². The Hall–Kier alpha value is -1.38. The fourth-order valence-corrected chi connectivity index (χ4v) is 1.41. The molecule has 0 saturated heterocycles. The Morgan fingerprint density at radius 2 is 2.25 bits per heavy atom. The smallest absolute Gasteiger partial charge is 0.231 e. The maximum absolute atomic E-state index is 13.0. The number of para-hydroxylation sites is 1. The fourth-order valence-electron chi connectivity index (χ4n) is 1.41. The molecule has 1 aromatic carbocycles. The van der Waals surface area contributed by atoms with Crippen LogP contribution in [0.5, 0.6) is 0 Å². The molecule has 1 aliphatic heterocycles. The van der Waals surface area contributed by atoms with Gasteiger partial charge in [-0.05, 0) is 18.6 Å².